The Labute approximate surface area is 168 Å². The summed E-state index contributed by atoms with van der Waals surface area (Å²) in [6, 6.07) is 7.10. The molecule has 0 atom stereocenters. The molecule has 1 aliphatic rings. The molecule has 7 nitrogen and oxygen atoms in total. The van der Waals surface area contributed by atoms with Crippen LogP contribution in [0.1, 0.15) is 26.2 Å². The lowest BCUT2D eigenvalue weighted by molar-refractivity contribution is -0.140. The highest BCUT2D eigenvalue weighted by Crippen LogP contribution is 2.21. The number of methoxy groups -OCH3 is 1. The highest BCUT2D eigenvalue weighted by atomic mass is 32.2. The summed E-state index contributed by atoms with van der Waals surface area (Å²) in [6.45, 7) is 3.93. The highest BCUT2D eigenvalue weighted by molar-refractivity contribution is 7.99. The zero-order valence-electron chi connectivity index (χ0n) is 16.2. The minimum atomic E-state index is -0.394. The number of amides is 1. The van der Waals surface area contributed by atoms with Gasteiger partial charge in [-0.3, -0.25) is 19.0 Å². The molecule has 0 spiro atoms. The summed E-state index contributed by atoms with van der Waals surface area (Å²) >= 11 is 1.25. The Balaban J connectivity index is 1.80. The highest BCUT2D eigenvalue weighted by Gasteiger charge is 2.21. The number of hydrogen-bond donors (Lipinski definition) is 0. The van der Waals surface area contributed by atoms with Gasteiger partial charge in [0, 0.05) is 19.6 Å². The zero-order chi connectivity index (χ0) is 20.1. The molecule has 3 rings (SSSR count). The smallest absolute Gasteiger partial charge is 0.307 e. The number of thioether (sulfide) groups is 1. The van der Waals surface area contributed by atoms with Crippen LogP contribution in [0.15, 0.2) is 34.2 Å². The number of carbonyl (C=O) groups excluding carboxylic acids is 2. The Morgan fingerprint density at radius 1 is 1.25 bits per heavy atom. The predicted octanol–water partition coefficient (Wildman–Crippen LogP) is 2.31. The van der Waals surface area contributed by atoms with Crippen molar-refractivity contribution in [3.63, 3.8) is 0 Å². The predicted molar refractivity (Wildman–Crippen MR) is 108 cm³/mol. The van der Waals surface area contributed by atoms with Gasteiger partial charge in [-0.2, -0.15) is 0 Å². The Morgan fingerprint density at radius 3 is 2.68 bits per heavy atom. The van der Waals surface area contributed by atoms with E-state index in [4.69, 9.17) is 0 Å². The molecular formula is C20H25N3O4S. The number of esters is 1. The van der Waals surface area contributed by atoms with Crippen molar-refractivity contribution in [2.75, 3.05) is 26.0 Å². The van der Waals surface area contributed by atoms with Crippen LogP contribution in [0.25, 0.3) is 10.9 Å². The molecule has 1 aromatic carbocycles. The lowest BCUT2D eigenvalue weighted by atomic mass is 9.99. The Hall–Kier alpha value is -2.35. The molecular weight excluding hydrogens is 378 g/mol. The minimum absolute atomic E-state index is 0.0545. The van der Waals surface area contributed by atoms with E-state index in [0.717, 1.165) is 25.9 Å². The fourth-order valence-electron chi connectivity index (χ4n) is 3.24. The lowest BCUT2D eigenvalue weighted by Crippen LogP contribution is -2.39. The summed E-state index contributed by atoms with van der Waals surface area (Å²) in [4.78, 5) is 43.5. The van der Waals surface area contributed by atoms with Crippen molar-refractivity contribution in [2.24, 2.45) is 5.92 Å². The molecule has 1 amide bonds. The van der Waals surface area contributed by atoms with Crippen LogP contribution in [0.5, 0.6) is 0 Å². The molecule has 150 valence electrons. The Bertz CT molecular complexity index is 919. The first-order valence-electron chi connectivity index (χ1n) is 9.46. The van der Waals surface area contributed by atoms with Gasteiger partial charge >= 0.3 is 5.97 Å². The van der Waals surface area contributed by atoms with Gasteiger partial charge in [-0.25, -0.2) is 4.98 Å². The van der Waals surface area contributed by atoms with E-state index in [9.17, 15) is 14.4 Å². The second-order valence-corrected chi connectivity index (χ2v) is 7.99. The lowest BCUT2D eigenvalue weighted by Gasteiger charge is -2.30. The van der Waals surface area contributed by atoms with E-state index in [2.05, 4.69) is 16.6 Å². The largest absolute Gasteiger partial charge is 0.469 e. The van der Waals surface area contributed by atoms with Gasteiger partial charge in [0.1, 0.15) is 0 Å². The van der Waals surface area contributed by atoms with Crippen LogP contribution in [-0.2, 0) is 20.9 Å². The number of ether oxygens (including phenoxy) is 1. The number of benzene rings is 1. The molecule has 28 heavy (non-hydrogen) atoms. The Kier molecular flexibility index (Phi) is 6.72. The molecule has 0 unspecified atom stereocenters. The van der Waals surface area contributed by atoms with Gasteiger partial charge in [0.2, 0.25) is 5.91 Å². The molecule has 1 aliphatic heterocycles. The van der Waals surface area contributed by atoms with Crippen LogP contribution in [0, 0.1) is 5.92 Å². The van der Waals surface area contributed by atoms with Crippen LogP contribution in [0.2, 0.25) is 0 Å². The van der Waals surface area contributed by atoms with E-state index in [0.29, 0.717) is 22.0 Å². The molecule has 1 saturated heterocycles. The molecule has 1 fully saturated rings. The number of likely N-dealkylation sites (tertiary alicyclic amines) is 1. The zero-order valence-corrected chi connectivity index (χ0v) is 17.0. The molecule has 2 aromatic rings. The minimum Gasteiger partial charge on any atom is -0.469 e. The average molecular weight is 404 g/mol. The molecule has 1 aromatic heterocycles. The van der Waals surface area contributed by atoms with E-state index >= 15 is 0 Å². The number of piperidine rings is 1. The quantitative estimate of drug-likeness (QED) is 0.418. The normalized spacial score (nSPS) is 15.0. The molecule has 0 aliphatic carbocycles. The van der Waals surface area contributed by atoms with Crippen molar-refractivity contribution in [1.82, 2.24) is 14.5 Å². The molecule has 0 N–H and O–H groups in total. The van der Waals surface area contributed by atoms with Crippen molar-refractivity contribution in [3.8, 4) is 0 Å². The van der Waals surface area contributed by atoms with E-state index in [1.165, 1.54) is 23.4 Å². The number of para-hydroxylation sites is 1. The summed E-state index contributed by atoms with van der Waals surface area (Å²) in [7, 11) is 1.32. The van der Waals surface area contributed by atoms with E-state index in [1.807, 2.05) is 11.0 Å². The SMILES string of the molecule is COC(=O)CCn1c(SCC(=O)N2CCC(C)CC2)nc2ccccc2c1=O. The van der Waals surface area contributed by atoms with Crippen LogP contribution in [-0.4, -0.2) is 52.3 Å². The standard InChI is InChI=1S/C20H25N3O4S/c1-14-7-10-22(11-8-14)17(24)13-28-20-21-16-6-4-3-5-15(16)19(26)23(20)12-9-18(25)27-2/h3-6,14H,7-13H2,1-2H3. The molecule has 2 heterocycles. The van der Waals surface area contributed by atoms with Crippen molar-refractivity contribution in [1.29, 1.82) is 0 Å². The molecule has 0 radical (unpaired) electrons. The number of carbonyl (C=O) groups is 2. The maximum atomic E-state index is 12.9. The van der Waals surface area contributed by atoms with Crippen molar-refractivity contribution >= 4 is 34.5 Å². The van der Waals surface area contributed by atoms with Gasteiger partial charge in [0.15, 0.2) is 5.16 Å². The summed E-state index contributed by atoms with van der Waals surface area (Å²) in [5.41, 5.74) is 0.375. The van der Waals surface area contributed by atoms with Gasteiger partial charge in [-0.1, -0.05) is 30.8 Å². The maximum Gasteiger partial charge on any atom is 0.307 e. The van der Waals surface area contributed by atoms with Crippen molar-refractivity contribution in [2.45, 2.75) is 37.9 Å². The van der Waals surface area contributed by atoms with Crippen molar-refractivity contribution in [3.05, 3.63) is 34.6 Å². The summed E-state index contributed by atoms with van der Waals surface area (Å²) in [5, 5.41) is 0.944. The molecule has 0 saturated carbocycles. The summed E-state index contributed by atoms with van der Waals surface area (Å²) < 4.78 is 6.15. The third-order valence-electron chi connectivity index (χ3n) is 5.05. The van der Waals surface area contributed by atoms with Crippen molar-refractivity contribution < 1.29 is 14.3 Å². The average Bonchev–Trinajstić information content (AvgIpc) is 2.71. The number of fused-ring (bicyclic) bond motifs is 1. The van der Waals surface area contributed by atoms with Crippen LogP contribution < -0.4 is 5.56 Å². The maximum absolute atomic E-state index is 12.9. The molecule has 8 heteroatoms. The number of hydrogen-bond acceptors (Lipinski definition) is 6. The van der Waals surface area contributed by atoms with E-state index < -0.39 is 5.97 Å². The van der Waals surface area contributed by atoms with E-state index in [1.54, 1.807) is 18.2 Å². The van der Waals surface area contributed by atoms with Gasteiger partial charge in [-0.05, 0) is 30.9 Å². The Morgan fingerprint density at radius 2 is 1.96 bits per heavy atom. The van der Waals surface area contributed by atoms with Crippen LogP contribution in [0.3, 0.4) is 0 Å². The number of aromatic nitrogens is 2. The van der Waals surface area contributed by atoms with Crippen LogP contribution >= 0.6 is 11.8 Å². The van der Waals surface area contributed by atoms with Crippen LogP contribution in [0.4, 0.5) is 0 Å². The van der Waals surface area contributed by atoms with Gasteiger partial charge in [0.05, 0.1) is 30.2 Å². The second kappa shape index (κ2) is 9.23. The first kappa shape index (κ1) is 20.4. The third kappa shape index (κ3) is 4.73. The fourth-order valence-corrected chi connectivity index (χ4v) is 4.16. The second-order valence-electron chi connectivity index (χ2n) is 7.05. The monoisotopic (exact) mass is 403 g/mol. The first-order chi connectivity index (χ1) is 13.5. The summed E-state index contributed by atoms with van der Waals surface area (Å²) in [6.07, 6.45) is 2.12. The number of nitrogens with zero attached hydrogens (tertiary/aromatic N) is 3. The number of rotatable bonds is 6. The van der Waals surface area contributed by atoms with Gasteiger partial charge in [-0.15, -0.1) is 0 Å². The van der Waals surface area contributed by atoms with E-state index in [-0.39, 0.29) is 30.2 Å². The first-order valence-corrected chi connectivity index (χ1v) is 10.4. The molecule has 0 bridgehead atoms. The topological polar surface area (TPSA) is 81.5 Å². The van der Waals surface area contributed by atoms with Gasteiger partial charge in [0.25, 0.3) is 5.56 Å². The fraction of sp³-hybridized carbons (Fsp3) is 0.500. The summed E-state index contributed by atoms with van der Waals surface area (Å²) in [5.74, 6) is 0.535. The van der Waals surface area contributed by atoms with Gasteiger partial charge < -0.3 is 9.64 Å². The third-order valence-corrected chi connectivity index (χ3v) is 6.02.